The fourth-order valence-corrected chi connectivity index (χ4v) is 3.38. The summed E-state index contributed by atoms with van der Waals surface area (Å²) >= 11 is 0. The van der Waals surface area contributed by atoms with Gasteiger partial charge in [-0.2, -0.15) is 0 Å². The van der Waals surface area contributed by atoms with E-state index in [0.29, 0.717) is 21.9 Å². The Hall–Kier alpha value is -3.38. The van der Waals surface area contributed by atoms with Crippen molar-refractivity contribution in [1.82, 2.24) is 4.57 Å². The number of halogens is 3. The number of aliphatic hydroxyl groups excluding tert-OH is 1. The maximum Gasteiger partial charge on any atom is 0.258 e. The van der Waals surface area contributed by atoms with Crippen LogP contribution in [0.25, 0.3) is 21.9 Å². The molecule has 0 aliphatic rings. The summed E-state index contributed by atoms with van der Waals surface area (Å²) in [7, 11) is 0. The van der Waals surface area contributed by atoms with Crippen molar-refractivity contribution in [3.05, 3.63) is 106 Å². The van der Waals surface area contributed by atoms with Crippen LogP contribution in [0.3, 0.4) is 0 Å². The van der Waals surface area contributed by atoms with E-state index in [2.05, 4.69) is 0 Å². The van der Waals surface area contributed by atoms with Crippen molar-refractivity contribution < 1.29 is 18.3 Å². The zero-order valence-electron chi connectivity index (χ0n) is 15.2. The molecule has 0 amide bonds. The van der Waals surface area contributed by atoms with Gasteiger partial charge >= 0.3 is 0 Å². The fourth-order valence-electron chi connectivity index (χ4n) is 3.38. The van der Waals surface area contributed by atoms with E-state index in [4.69, 9.17) is 0 Å². The normalized spacial score (nSPS) is 11.2. The van der Waals surface area contributed by atoms with Crippen molar-refractivity contribution in [2.45, 2.75) is 13.2 Å². The molecule has 0 fully saturated rings. The first-order valence-electron chi connectivity index (χ1n) is 8.93. The Bertz CT molecular complexity index is 1240. The molecule has 0 aliphatic heterocycles. The van der Waals surface area contributed by atoms with Crippen LogP contribution in [0.2, 0.25) is 0 Å². The van der Waals surface area contributed by atoms with Gasteiger partial charge in [0.2, 0.25) is 0 Å². The molecule has 1 heterocycles. The molecule has 1 N–H and O–H groups in total. The first-order valence-corrected chi connectivity index (χ1v) is 8.93. The van der Waals surface area contributed by atoms with Gasteiger partial charge in [-0.25, -0.2) is 13.2 Å². The summed E-state index contributed by atoms with van der Waals surface area (Å²) in [6.07, 6.45) is 1.50. The molecule has 1 aromatic heterocycles. The van der Waals surface area contributed by atoms with E-state index in [-0.39, 0.29) is 24.3 Å². The third-order valence-electron chi connectivity index (χ3n) is 4.82. The van der Waals surface area contributed by atoms with Crippen LogP contribution in [0.1, 0.15) is 11.1 Å². The number of hydrogen-bond donors (Lipinski definition) is 1. The third kappa shape index (κ3) is 3.54. The molecule has 0 radical (unpaired) electrons. The smallest absolute Gasteiger partial charge is 0.258 e. The van der Waals surface area contributed by atoms with E-state index in [1.54, 1.807) is 18.2 Å². The van der Waals surface area contributed by atoms with Crippen molar-refractivity contribution in [2.75, 3.05) is 0 Å². The minimum absolute atomic E-state index is 0.100. The number of nitrogens with zero attached hydrogens (tertiary/aromatic N) is 1. The molecule has 4 rings (SSSR count). The Morgan fingerprint density at radius 3 is 2.17 bits per heavy atom. The second kappa shape index (κ2) is 7.56. The zero-order chi connectivity index (χ0) is 20.5. The van der Waals surface area contributed by atoms with E-state index in [0.717, 1.165) is 17.7 Å². The van der Waals surface area contributed by atoms with Gasteiger partial charge in [-0.05, 0) is 46.3 Å². The first kappa shape index (κ1) is 19.0. The minimum atomic E-state index is -1.55. The van der Waals surface area contributed by atoms with Crippen LogP contribution in [0.5, 0.6) is 0 Å². The van der Waals surface area contributed by atoms with Crippen LogP contribution in [0.15, 0.2) is 71.7 Å². The minimum Gasteiger partial charge on any atom is -0.392 e. The molecule has 0 aliphatic carbocycles. The molecule has 0 unspecified atom stereocenters. The average molecular weight is 395 g/mol. The van der Waals surface area contributed by atoms with Gasteiger partial charge in [-0.15, -0.1) is 0 Å². The quantitative estimate of drug-likeness (QED) is 0.512. The lowest BCUT2D eigenvalue weighted by molar-refractivity contribution is 0.282. The third-order valence-corrected chi connectivity index (χ3v) is 4.82. The van der Waals surface area contributed by atoms with Crippen LogP contribution in [0, 0.1) is 17.5 Å². The van der Waals surface area contributed by atoms with E-state index in [1.807, 2.05) is 30.3 Å². The van der Waals surface area contributed by atoms with Crippen molar-refractivity contribution in [2.24, 2.45) is 0 Å². The predicted molar refractivity (Wildman–Crippen MR) is 105 cm³/mol. The monoisotopic (exact) mass is 395 g/mol. The number of hydrogen-bond acceptors (Lipinski definition) is 2. The van der Waals surface area contributed by atoms with E-state index in [1.165, 1.54) is 10.8 Å². The molecular formula is C23H16F3NO2. The molecule has 0 bridgehead atoms. The van der Waals surface area contributed by atoms with Gasteiger partial charge in [-0.1, -0.05) is 36.4 Å². The Kier molecular flexibility index (Phi) is 4.94. The van der Waals surface area contributed by atoms with E-state index < -0.39 is 17.5 Å². The van der Waals surface area contributed by atoms with Gasteiger partial charge in [0.15, 0.2) is 17.5 Å². The van der Waals surface area contributed by atoms with E-state index in [9.17, 15) is 23.1 Å². The van der Waals surface area contributed by atoms with E-state index >= 15 is 0 Å². The van der Waals surface area contributed by atoms with Crippen LogP contribution >= 0.6 is 0 Å². The SMILES string of the molecule is O=c1c2ccc(CO)cc2c(-c2cc(F)c(F)c(F)c2)cn1Cc1ccccc1. The summed E-state index contributed by atoms with van der Waals surface area (Å²) in [4.78, 5) is 13.0. The highest BCUT2D eigenvalue weighted by Gasteiger charge is 2.16. The van der Waals surface area contributed by atoms with Gasteiger partial charge in [0.1, 0.15) is 0 Å². The highest BCUT2D eigenvalue weighted by Crippen LogP contribution is 2.30. The van der Waals surface area contributed by atoms with Crippen molar-refractivity contribution in [3.8, 4) is 11.1 Å². The fraction of sp³-hybridized carbons (Fsp3) is 0.0870. The van der Waals surface area contributed by atoms with Crippen LogP contribution in [0.4, 0.5) is 13.2 Å². The number of benzene rings is 3. The molecule has 6 heteroatoms. The number of pyridine rings is 1. The lowest BCUT2D eigenvalue weighted by Gasteiger charge is -2.14. The van der Waals surface area contributed by atoms with Crippen LogP contribution in [-0.2, 0) is 13.2 Å². The summed E-state index contributed by atoms with van der Waals surface area (Å²) in [6, 6.07) is 15.9. The Balaban J connectivity index is 2.00. The second-order valence-electron chi connectivity index (χ2n) is 6.75. The summed E-state index contributed by atoms with van der Waals surface area (Å²) in [6.45, 7) is 0.00510. The highest BCUT2D eigenvalue weighted by atomic mass is 19.2. The molecule has 0 saturated carbocycles. The molecular weight excluding hydrogens is 379 g/mol. The van der Waals surface area contributed by atoms with Crippen molar-refractivity contribution >= 4 is 10.8 Å². The van der Waals surface area contributed by atoms with Gasteiger partial charge in [-0.3, -0.25) is 4.79 Å². The summed E-state index contributed by atoms with van der Waals surface area (Å²) < 4.78 is 42.6. The second-order valence-corrected chi connectivity index (χ2v) is 6.75. The Labute approximate surface area is 164 Å². The molecule has 3 nitrogen and oxygen atoms in total. The molecule has 146 valence electrons. The summed E-state index contributed by atoms with van der Waals surface area (Å²) in [5.74, 6) is -4.17. The van der Waals surface area contributed by atoms with Crippen LogP contribution in [-0.4, -0.2) is 9.67 Å². The maximum atomic E-state index is 13.9. The van der Waals surface area contributed by atoms with Gasteiger partial charge in [0.05, 0.1) is 13.2 Å². The number of aromatic nitrogens is 1. The first-order chi connectivity index (χ1) is 14.0. The number of aliphatic hydroxyl groups is 1. The van der Waals surface area contributed by atoms with Gasteiger partial charge < -0.3 is 9.67 Å². The molecule has 29 heavy (non-hydrogen) atoms. The standard InChI is InChI=1S/C23H16F3NO2/c24-20-9-16(10-21(25)22(20)26)19-12-27(11-14-4-2-1-3-5-14)23(29)17-7-6-15(13-28)8-18(17)19/h1-10,12,28H,11,13H2. The van der Waals surface area contributed by atoms with Crippen molar-refractivity contribution in [1.29, 1.82) is 0 Å². The molecule has 3 aromatic carbocycles. The maximum absolute atomic E-state index is 13.9. The Morgan fingerprint density at radius 1 is 0.828 bits per heavy atom. The number of rotatable bonds is 4. The molecule has 0 spiro atoms. The lowest BCUT2D eigenvalue weighted by Crippen LogP contribution is -2.21. The highest BCUT2D eigenvalue weighted by molar-refractivity contribution is 5.96. The molecule has 0 atom stereocenters. The Morgan fingerprint density at radius 2 is 1.52 bits per heavy atom. The average Bonchev–Trinajstić information content (AvgIpc) is 2.74. The largest absolute Gasteiger partial charge is 0.392 e. The lowest BCUT2D eigenvalue weighted by atomic mass is 9.98. The zero-order valence-corrected chi connectivity index (χ0v) is 15.2. The number of fused-ring (bicyclic) bond motifs is 1. The van der Waals surface area contributed by atoms with Crippen molar-refractivity contribution in [3.63, 3.8) is 0 Å². The summed E-state index contributed by atoms with van der Waals surface area (Å²) in [5, 5.41) is 10.2. The van der Waals surface area contributed by atoms with Gasteiger partial charge in [0.25, 0.3) is 5.56 Å². The predicted octanol–water partition coefficient (Wildman–Crippen LogP) is 4.63. The molecule has 4 aromatic rings. The molecule has 0 saturated heterocycles. The van der Waals surface area contributed by atoms with Crippen LogP contribution < -0.4 is 5.56 Å². The summed E-state index contributed by atoms with van der Waals surface area (Å²) in [5.41, 5.74) is 1.61. The topological polar surface area (TPSA) is 42.2 Å². The van der Waals surface area contributed by atoms with Gasteiger partial charge in [0, 0.05) is 17.1 Å².